The van der Waals surface area contributed by atoms with Gasteiger partial charge < -0.3 is 19.4 Å². The average molecular weight is 430 g/mol. The Morgan fingerprint density at radius 2 is 1.71 bits per heavy atom. The van der Waals surface area contributed by atoms with Crippen LogP contribution in [0.15, 0.2) is 42.5 Å². The van der Waals surface area contributed by atoms with Crippen molar-refractivity contribution in [3.8, 4) is 5.75 Å². The Morgan fingerprint density at radius 1 is 0.968 bits per heavy atom. The number of urea groups is 1. The Balaban J connectivity index is 1.33. The first-order valence-electron chi connectivity index (χ1n) is 10.1. The van der Waals surface area contributed by atoms with Gasteiger partial charge in [0.05, 0.1) is 12.8 Å². The molecule has 2 aliphatic heterocycles. The predicted molar refractivity (Wildman–Crippen MR) is 112 cm³/mol. The van der Waals surface area contributed by atoms with Gasteiger partial charge in [0, 0.05) is 51.0 Å². The Morgan fingerprint density at radius 3 is 2.42 bits per heavy atom. The first-order chi connectivity index (χ1) is 15.0. The van der Waals surface area contributed by atoms with Crippen LogP contribution in [0.2, 0.25) is 0 Å². The van der Waals surface area contributed by atoms with E-state index in [1.165, 1.54) is 15.9 Å². The fourth-order valence-electron chi connectivity index (χ4n) is 3.97. The number of benzene rings is 2. The monoisotopic (exact) mass is 430 g/mol. The van der Waals surface area contributed by atoms with E-state index in [1.807, 2.05) is 24.3 Å². The number of hydrogen-bond donors (Lipinski definition) is 0. The second-order valence-corrected chi connectivity index (χ2v) is 7.49. The third-order valence-electron chi connectivity index (χ3n) is 5.69. The summed E-state index contributed by atoms with van der Waals surface area (Å²) in [6.07, 6.45) is 0. The summed E-state index contributed by atoms with van der Waals surface area (Å²) >= 11 is 0. The summed E-state index contributed by atoms with van der Waals surface area (Å²) in [5, 5.41) is 0. The Kier molecular flexibility index (Phi) is 5.92. The van der Waals surface area contributed by atoms with Crippen LogP contribution in [-0.4, -0.2) is 74.7 Å². The molecule has 4 rings (SSSR count). The lowest BCUT2D eigenvalue weighted by atomic mass is 10.2. The maximum atomic E-state index is 13.5. The molecule has 0 saturated carbocycles. The van der Waals surface area contributed by atoms with Gasteiger partial charge in [-0.25, -0.2) is 13.6 Å². The minimum atomic E-state index is -1.01. The van der Waals surface area contributed by atoms with Crippen LogP contribution in [-0.2, 0) is 4.79 Å². The summed E-state index contributed by atoms with van der Waals surface area (Å²) in [4.78, 5) is 32.2. The van der Waals surface area contributed by atoms with Crippen molar-refractivity contribution in [2.45, 2.75) is 0 Å². The number of piperazine rings is 1. The zero-order chi connectivity index (χ0) is 22.0. The second-order valence-electron chi connectivity index (χ2n) is 7.49. The van der Waals surface area contributed by atoms with Gasteiger partial charge >= 0.3 is 6.03 Å². The topological polar surface area (TPSA) is 56.3 Å². The van der Waals surface area contributed by atoms with Gasteiger partial charge in [-0.2, -0.15) is 0 Å². The zero-order valence-electron chi connectivity index (χ0n) is 17.3. The van der Waals surface area contributed by atoms with Crippen LogP contribution in [0.4, 0.5) is 25.0 Å². The third-order valence-corrected chi connectivity index (χ3v) is 5.69. The van der Waals surface area contributed by atoms with E-state index in [-0.39, 0.29) is 24.2 Å². The van der Waals surface area contributed by atoms with Crippen LogP contribution in [0.1, 0.15) is 0 Å². The number of para-hydroxylation sites is 2. The Hall–Kier alpha value is -3.36. The summed E-state index contributed by atoms with van der Waals surface area (Å²) in [7, 11) is 1.63. The molecule has 0 bridgehead atoms. The molecule has 2 aromatic rings. The van der Waals surface area contributed by atoms with E-state index >= 15 is 0 Å². The summed E-state index contributed by atoms with van der Waals surface area (Å²) in [5.74, 6) is -1.30. The molecule has 0 atom stereocenters. The molecule has 2 aromatic carbocycles. The fraction of sp³-hybridized carbons (Fsp3) is 0.364. The smallest absolute Gasteiger partial charge is 0.325 e. The molecule has 0 aromatic heterocycles. The van der Waals surface area contributed by atoms with Crippen molar-refractivity contribution in [2.75, 3.05) is 62.7 Å². The molecule has 2 aliphatic rings. The van der Waals surface area contributed by atoms with E-state index < -0.39 is 11.6 Å². The van der Waals surface area contributed by atoms with E-state index in [1.54, 1.807) is 12.0 Å². The van der Waals surface area contributed by atoms with E-state index in [2.05, 4.69) is 4.90 Å². The molecular formula is C22H24F2N4O3. The van der Waals surface area contributed by atoms with Crippen LogP contribution in [0.25, 0.3) is 0 Å². The third kappa shape index (κ3) is 4.26. The van der Waals surface area contributed by atoms with Crippen LogP contribution < -0.4 is 14.5 Å². The molecule has 0 unspecified atom stereocenters. The normalized spacial score (nSPS) is 16.8. The van der Waals surface area contributed by atoms with E-state index in [4.69, 9.17) is 4.74 Å². The molecule has 31 heavy (non-hydrogen) atoms. The molecule has 2 fully saturated rings. The zero-order valence-corrected chi connectivity index (χ0v) is 17.3. The van der Waals surface area contributed by atoms with Gasteiger partial charge in [0.2, 0.25) is 5.91 Å². The number of carbonyl (C=O) groups excluding carboxylic acids is 2. The first kappa shape index (κ1) is 20.9. The van der Waals surface area contributed by atoms with Crippen molar-refractivity contribution in [2.24, 2.45) is 0 Å². The van der Waals surface area contributed by atoms with Gasteiger partial charge in [0.15, 0.2) is 11.6 Å². The van der Waals surface area contributed by atoms with Crippen molar-refractivity contribution in [1.29, 1.82) is 0 Å². The van der Waals surface area contributed by atoms with E-state index in [0.717, 1.165) is 23.6 Å². The molecule has 3 amide bonds. The lowest BCUT2D eigenvalue weighted by Gasteiger charge is -2.37. The molecule has 2 saturated heterocycles. The predicted octanol–water partition coefficient (Wildman–Crippen LogP) is 2.56. The quantitative estimate of drug-likeness (QED) is 0.732. The number of nitrogens with zero attached hydrogens (tertiary/aromatic N) is 4. The number of methoxy groups -OCH3 is 1. The number of rotatable bonds is 5. The summed E-state index contributed by atoms with van der Waals surface area (Å²) in [6, 6.07) is 10.7. The standard InChI is InChI=1S/C22H24F2N4O3/c1-31-20-5-3-2-4-19(20)25-8-10-26(11-9-25)21(29)15-27-12-13-28(22(27)30)16-6-7-17(23)18(24)14-16/h2-7,14H,8-13,15H2,1H3. The highest BCUT2D eigenvalue weighted by molar-refractivity contribution is 5.96. The first-order valence-corrected chi connectivity index (χ1v) is 10.1. The van der Waals surface area contributed by atoms with Crippen LogP contribution in [0.5, 0.6) is 5.75 Å². The number of amides is 3. The number of halogens is 2. The molecule has 2 heterocycles. The molecule has 0 N–H and O–H groups in total. The van der Waals surface area contributed by atoms with Crippen molar-refractivity contribution in [3.63, 3.8) is 0 Å². The largest absolute Gasteiger partial charge is 0.495 e. The highest BCUT2D eigenvalue weighted by Gasteiger charge is 2.33. The van der Waals surface area contributed by atoms with E-state index in [0.29, 0.717) is 39.3 Å². The number of carbonyl (C=O) groups is 2. The molecule has 7 nitrogen and oxygen atoms in total. The van der Waals surface area contributed by atoms with Crippen molar-refractivity contribution in [3.05, 3.63) is 54.1 Å². The van der Waals surface area contributed by atoms with E-state index in [9.17, 15) is 18.4 Å². The highest BCUT2D eigenvalue weighted by atomic mass is 19.2. The maximum Gasteiger partial charge on any atom is 0.325 e. The van der Waals surface area contributed by atoms with Crippen LogP contribution >= 0.6 is 0 Å². The number of hydrogen-bond acceptors (Lipinski definition) is 4. The molecule has 0 radical (unpaired) electrons. The van der Waals surface area contributed by atoms with Gasteiger partial charge in [-0.1, -0.05) is 12.1 Å². The average Bonchev–Trinajstić information content (AvgIpc) is 3.15. The van der Waals surface area contributed by atoms with Gasteiger partial charge in [-0.05, 0) is 24.3 Å². The molecule has 0 aliphatic carbocycles. The SMILES string of the molecule is COc1ccccc1N1CCN(C(=O)CN2CCN(c3ccc(F)c(F)c3)C2=O)CC1. The number of ether oxygens (including phenoxy) is 1. The van der Waals surface area contributed by atoms with Gasteiger partial charge in [-0.3, -0.25) is 9.69 Å². The van der Waals surface area contributed by atoms with Gasteiger partial charge in [0.25, 0.3) is 0 Å². The lowest BCUT2D eigenvalue weighted by Crippen LogP contribution is -2.51. The molecule has 9 heteroatoms. The Labute approximate surface area is 179 Å². The Bertz CT molecular complexity index is 979. The van der Waals surface area contributed by atoms with Gasteiger partial charge in [-0.15, -0.1) is 0 Å². The van der Waals surface area contributed by atoms with Crippen LogP contribution in [0.3, 0.4) is 0 Å². The minimum Gasteiger partial charge on any atom is -0.495 e. The molecule has 164 valence electrons. The molecular weight excluding hydrogens is 406 g/mol. The highest BCUT2D eigenvalue weighted by Crippen LogP contribution is 2.28. The number of anilines is 2. The summed E-state index contributed by atoms with van der Waals surface area (Å²) < 4.78 is 32.1. The van der Waals surface area contributed by atoms with Crippen molar-refractivity contribution < 1.29 is 23.1 Å². The van der Waals surface area contributed by atoms with Gasteiger partial charge in [0.1, 0.15) is 12.3 Å². The summed E-state index contributed by atoms with van der Waals surface area (Å²) in [6.45, 7) is 3.07. The minimum absolute atomic E-state index is 0.0341. The van der Waals surface area contributed by atoms with Crippen molar-refractivity contribution >= 4 is 23.3 Å². The second kappa shape index (κ2) is 8.79. The van der Waals surface area contributed by atoms with Crippen molar-refractivity contribution in [1.82, 2.24) is 9.80 Å². The fourth-order valence-corrected chi connectivity index (χ4v) is 3.97. The van der Waals surface area contributed by atoms with Crippen LogP contribution in [0, 0.1) is 11.6 Å². The summed E-state index contributed by atoms with van der Waals surface area (Å²) in [5.41, 5.74) is 1.28. The lowest BCUT2D eigenvalue weighted by molar-refractivity contribution is -0.131. The molecule has 0 spiro atoms. The maximum absolute atomic E-state index is 13.5.